The average Bonchev–Trinajstić information content (AvgIpc) is 2.95. The fraction of sp³-hybridized carbons (Fsp3) is 0.438. The first-order valence-corrected chi connectivity index (χ1v) is 7.32. The van der Waals surface area contributed by atoms with Crippen molar-refractivity contribution in [2.24, 2.45) is 0 Å². The number of hydrogen-bond donors (Lipinski definition) is 3. The summed E-state index contributed by atoms with van der Waals surface area (Å²) in [5.74, 6) is -1.47. The summed E-state index contributed by atoms with van der Waals surface area (Å²) >= 11 is 0. The van der Waals surface area contributed by atoms with Gasteiger partial charge >= 0.3 is 5.97 Å². The molecular weight excluding hydrogens is 284 g/mol. The molecule has 0 aromatic heterocycles. The van der Waals surface area contributed by atoms with E-state index in [1.54, 1.807) is 24.3 Å². The number of nitrogens with one attached hydrogen (secondary N) is 2. The molecule has 2 rings (SSSR count). The van der Waals surface area contributed by atoms with Gasteiger partial charge in [-0.15, -0.1) is 0 Å². The summed E-state index contributed by atoms with van der Waals surface area (Å²) in [6, 6.07) is 6.76. The van der Waals surface area contributed by atoms with E-state index in [2.05, 4.69) is 10.6 Å². The molecule has 118 valence electrons. The van der Waals surface area contributed by atoms with Gasteiger partial charge in [0.2, 0.25) is 5.91 Å². The van der Waals surface area contributed by atoms with Gasteiger partial charge in [-0.2, -0.15) is 0 Å². The monoisotopic (exact) mass is 304 g/mol. The fourth-order valence-electron chi connectivity index (χ4n) is 2.66. The van der Waals surface area contributed by atoms with Crippen molar-refractivity contribution in [3.8, 4) is 0 Å². The second-order valence-corrected chi connectivity index (χ2v) is 5.66. The molecule has 0 heterocycles. The highest BCUT2D eigenvalue weighted by Gasteiger charge is 2.42. The van der Waals surface area contributed by atoms with Crippen molar-refractivity contribution in [2.45, 2.75) is 44.7 Å². The molecule has 6 heteroatoms. The van der Waals surface area contributed by atoms with Crippen LogP contribution in [0, 0.1) is 0 Å². The number of benzene rings is 1. The molecule has 0 bridgehead atoms. The van der Waals surface area contributed by atoms with Gasteiger partial charge in [-0.05, 0) is 30.5 Å². The van der Waals surface area contributed by atoms with E-state index in [4.69, 9.17) is 0 Å². The lowest BCUT2D eigenvalue weighted by atomic mass is 9.97. The number of carboxylic acid groups (broad SMARTS) is 1. The average molecular weight is 304 g/mol. The third-order valence-corrected chi connectivity index (χ3v) is 3.98. The number of carboxylic acids is 1. The Kier molecular flexibility index (Phi) is 4.80. The maximum atomic E-state index is 12.2. The van der Waals surface area contributed by atoms with Crippen LogP contribution in [0.5, 0.6) is 0 Å². The molecule has 0 aliphatic heterocycles. The minimum Gasteiger partial charge on any atom is -0.480 e. The fourth-order valence-corrected chi connectivity index (χ4v) is 2.66. The predicted octanol–water partition coefficient (Wildman–Crippen LogP) is 1.45. The maximum Gasteiger partial charge on any atom is 0.329 e. The maximum absolute atomic E-state index is 12.2. The van der Waals surface area contributed by atoms with Crippen LogP contribution in [0.1, 0.15) is 48.5 Å². The van der Waals surface area contributed by atoms with Gasteiger partial charge in [-0.1, -0.05) is 25.0 Å². The summed E-state index contributed by atoms with van der Waals surface area (Å²) in [7, 11) is 0. The van der Waals surface area contributed by atoms with Gasteiger partial charge in [0.25, 0.3) is 5.91 Å². The Hall–Kier alpha value is -2.37. The molecule has 1 saturated carbocycles. The Labute approximate surface area is 128 Å². The third kappa shape index (κ3) is 3.63. The van der Waals surface area contributed by atoms with Crippen LogP contribution < -0.4 is 10.6 Å². The number of aliphatic carboxylic acids is 1. The number of carbonyl (C=O) groups is 3. The summed E-state index contributed by atoms with van der Waals surface area (Å²) in [5.41, 5.74) is 0.158. The summed E-state index contributed by atoms with van der Waals surface area (Å²) < 4.78 is 0. The first kappa shape index (κ1) is 16.0. The van der Waals surface area contributed by atoms with Crippen LogP contribution >= 0.6 is 0 Å². The molecule has 1 aromatic rings. The van der Waals surface area contributed by atoms with Crippen LogP contribution in [0.2, 0.25) is 0 Å². The van der Waals surface area contributed by atoms with Crippen LogP contribution in [0.3, 0.4) is 0 Å². The summed E-state index contributed by atoms with van der Waals surface area (Å²) in [6.45, 7) is 1.84. The van der Waals surface area contributed by atoms with Crippen LogP contribution in [0.15, 0.2) is 24.3 Å². The van der Waals surface area contributed by atoms with Crippen molar-refractivity contribution in [3.05, 3.63) is 35.4 Å². The smallest absolute Gasteiger partial charge is 0.329 e. The zero-order valence-corrected chi connectivity index (χ0v) is 12.5. The highest BCUT2D eigenvalue weighted by atomic mass is 16.4. The van der Waals surface area contributed by atoms with Gasteiger partial charge < -0.3 is 15.7 Å². The highest BCUT2D eigenvalue weighted by molar-refractivity contribution is 5.98. The van der Waals surface area contributed by atoms with Crippen molar-refractivity contribution >= 4 is 17.8 Å². The predicted molar refractivity (Wildman–Crippen MR) is 80.3 cm³/mol. The van der Waals surface area contributed by atoms with Gasteiger partial charge in [0.15, 0.2) is 0 Å². The molecule has 1 aliphatic carbocycles. The largest absolute Gasteiger partial charge is 0.480 e. The summed E-state index contributed by atoms with van der Waals surface area (Å²) in [5, 5.41) is 14.7. The normalized spacial score (nSPS) is 16.0. The molecule has 0 radical (unpaired) electrons. The van der Waals surface area contributed by atoms with E-state index in [1.165, 1.54) is 6.92 Å². The van der Waals surface area contributed by atoms with Gasteiger partial charge in [0, 0.05) is 19.0 Å². The van der Waals surface area contributed by atoms with E-state index in [-0.39, 0.29) is 11.8 Å². The van der Waals surface area contributed by atoms with Crippen molar-refractivity contribution in [3.63, 3.8) is 0 Å². The molecule has 3 N–H and O–H groups in total. The van der Waals surface area contributed by atoms with E-state index in [0.717, 1.165) is 18.4 Å². The third-order valence-electron chi connectivity index (χ3n) is 3.98. The van der Waals surface area contributed by atoms with E-state index >= 15 is 0 Å². The topological polar surface area (TPSA) is 95.5 Å². The van der Waals surface area contributed by atoms with Gasteiger partial charge in [0.05, 0.1) is 0 Å². The van der Waals surface area contributed by atoms with Gasteiger partial charge in [-0.25, -0.2) is 4.79 Å². The number of carbonyl (C=O) groups excluding carboxylic acids is 2. The Bertz CT molecular complexity index is 574. The number of amides is 2. The second-order valence-electron chi connectivity index (χ2n) is 5.66. The van der Waals surface area contributed by atoms with E-state index in [9.17, 15) is 19.5 Å². The molecule has 1 fully saturated rings. The first-order chi connectivity index (χ1) is 10.4. The number of hydrogen-bond acceptors (Lipinski definition) is 3. The Morgan fingerprint density at radius 3 is 2.23 bits per heavy atom. The van der Waals surface area contributed by atoms with Crippen molar-refractivity contribution in [1.29, 1.82) is 0 Å². The molecule has 2 amide bonds. The molecule has 0 spiro atoms. The zero-order chi connectivity index (χ0) is 16.2. The number of rotatable bonds is 5. The van der Waals surface area contributed by atoms with Crippen LogP contribution in [0.25, 0.3) is 0 Å². The lowest BCUT2D eigenvalue weighted by molar-refractivity contribution is -0.144. The molecule has 1 aliphatic rings. The van der Waals surface area contributed by atoms with E-state index < -0.39 is 11.5 Å². The van der Waals surface area contributed by atoms with E-state index in [1.807, 2.05) is 0 Å². The SMILES string of the molecule is CC(=O)NCc1ccc(C(=O)NC2(C(=O)O)CCCC2)cc1. The lowest BCUT2D eigenvalue weighted by Gasteiger charge is -2.25. The standard InChI is InChI=1S/C16H20N2O4/c1-11(19)17-10-12-4-6-13(7-5-12)14(20)18-16(15(21)22)8-2-3-9-16/h4-7H,2-3,8-10H2,1H3,(H,17,19)(H,18,20)(H,21,22). The van der Waals surface area contributed by atoms with Crippen molar-refractivity contribution < 1.29 is 19.5 Å². The van der Waals surface area contributed by atoms with Crippen LogP contribution in [-0.4, -0.2) is 28.4 Å². The zero-order valence-electron chi connectivity index (χ0n) is 12.5. The molecule has 0 saturated heterocycles. The quantitative estimate of drug-likeness (QED) is 0.767. The Morgan fingerprint density at radius 1 is 1.14 bits per heavy atom. The minimum absolute atomic E-state index is 0.119. The van der Waals surface area contributed by atoms with Gasteiger partial charge in [0.1, 0.15) is 5.54 Å². The lowest BCUT2D eigenvalue weighted by Crippen LogP contribution is -2.52. The van der Waals surface area contributed by atoms with Gasteiger partial charge in [-0.3, -0.25) is 9.59 Å². The molecule has 0 atom stereocenters. The molecule has 22 heavy (non-hydrogen) atoms. The summed E-state index contributed by atoms with van der Waals surface area (Å²) in [4.78, 5) is 34.5. The molecule has 1 aromatic carbocycles. The van der Waals surface area contributed by atoms with E-state index in [0.29, 0.717) is 24.9 Å². The molecule has 6 nitrogen and oxygen atoms in total. The second kappa shape index (κ2) is 6.60. The molecular formula is C16H20N2O4. The Morgan fingerprint density at radius 2 is 1.73 bits per heavy atom. The summed E-state index contributed by atoms with van der Waals surface area (Å²) in [6.07, 6.45) is 2.55. The Balaban J connectivity index is 2.03. The van der Waals surface area contributed by atoms with Crippen molar-refractivity contribution in [2.75, 3.05) is 0 Å². The van der Waals surface area contributed by atoms with Crippen LogP contribution in [-0.2, 0) is 16.1 Å². The van der Waals surface area contributed by atoms with Crippen LogP contribution in [0.4, 0.5) is 0 Å². The molecule has 0 unspecified atom stereocenters. The first-order valence-electron chi connectivity index (χ1n) is 7.32. The minimum atomic E-state index is -1.13. The highest BCUT2D eigenvalue weighted by Crippen LogP contribution is 2.30. The van der Waals surface area contributed by atoms with Crippen molar-refractivity contribution in [1.82, 2.24) is 10.6 Å².